The number of nitrogens with two attached hydrogens (primary N) is 1. The molecule has 3 nitrogen and oxygen atoms in total. The van der Waals surface area contributed by atoms with E-state index in [9.17, 15) is 0 Å². The molecule has 1 aliphatic carbocycles. The van der Waals surface area contributed by atoms with Crippen molar-refractivity contribution in [3.8, 4) is 0 Å². The van der Waals surface area contributed by atoms with Crippen molar-refractivity contribution in [2.24, 2.45) is 11.7 Å². The average molecular weight is 233 g/mol. The topological polar surface area (TPSA) is 42.1 Å². The Hall–Kier alpha value is -0.930. The number of likely N-dealkylation sites (N-methyl/N-ethyl adjacent to an activating group) is 1. The molecule has 1 heterocycles. The fourth-order valence-corrected chi connectivity index (χ4v) is 2.94. The Morgan fingerprint density at radius 1 is 1.47 bits per heavy atom. The van der Waals surface area contributed by atoms with Gasteiger partial charge >= 0.3 is 0 Å². The fraction of sp³-hybridized carbons (Fsp3) is 0.643. The van der Waals surface area contributed by atoms with Gasteiger partial charge in [0.15, 0.2) is 0 Å². The first-order valence-electron chi connectivity index (χ1n) is 6.47. The molecule has 17 heavy (non-hydrogen) atoms. The minimum Gasteiger partial charge on any atom is -0.329 e. The molecule has 1 aliphatic rings. The third kappa shape index (κ3) is 2.67. The lowest BCUT2D eigenvalue weighted by Crippen LogP contribution is -2.60. The van der Waals surface area contributed by atoms with Gasteiger partial charge in [-0.05, 0) is 37.9 Å². The Labute approximate surface area is 104 Å². The van der Waals surface area contributed by atoms with E-state index in [0.717, 1.165) is 25.4 Å². The zero-order valence-corrected chi connectivity index (χ0v) is 10.9. The second-order valence-electron chi connectivity index (χ2n) is 5.43. The van der Waals surface area contributed by atoms with E-state index in [2.05, 4.69) is 29.9 Å². The maximum Gasteiger partial charge on any atom is 0.0416 e. The number of nitrogens with zero attached hydrogens (tertiary/aromatic N) is 2. The van der Waals surface area contributed by atoms with Crippen molar-refractivity contribution in [2.45, 2.75) is 31.7 Å². The van der Waals surface area contributed by atoms with Crippen LogP contribution >= 0.6 is 0 Å². The molecule has 1 fully saturated rings. The summed E-state index contributed by atoms with van der Waals surface area (Å²) in [5, 5.41) is 0. The highest BCUT2D eigenvalue weighted by Gasteiger charge is 2.43. The lowest BCUT2D eigenvalue weighted by Gasteiger charge is -2.52. The highest BCUT2D eigenvalue weighted by atomic mass is 15.2. The predicted molar refractivity (Wildman–Crippen MR) is 70.8 cm³/mol. The van der Waals surface area contributed by atoms with Crippen LogP contribution in [0.3, 0.4) is 0 Å². The van der Waals surface area contributed by atoms with E-state index in [1.54, 1.807) is 0 Å². The van der Waals surface area contributed by atoms with Crippen LogP contribution in [0.2, 0.25) is 0 Å². The molecule has 0 aromatic carbocycles. The van der Waals surface area contributed by atoms with E-state index >= 15 is 0 Å². The van der Waals surface area contributed by atoms with Gasteiger partial charge in [0.05, 0.1) is 0 Å². The lowest BCUT2D eigenvalue weighted by molar-refractivity contribution is 0.00647. The molecule has 0 radical (unpaired) electrons. The smallest absolute Gasteiger partial charge is 0.0416 e. The molecule has 0 unspecified atom stereocenters. The van der Waals surface area contributed by atoms with Crippen LogP contribution in [0.25, 0.3) is 0 Å². The minimum atomic E-state index is 0.258. The molecule has 94 valence electrons. The molecule has 0 atom stereocenters. The molecular weight excluding hydrogens is 210 g/mol. The van der Waals surface area contributed by atoms with E-state index in [1.165, 1.54) is 18.5 Å². The third-order valence-electron chi connectivity index (χ3n) is 4.08. The van der Waals surface area contributed by atoms with Gasteiger partial charge in [-0.25, -0.2) is 0 Å². The summed E-state index contributed by atoms with van der Waals surface area (Å²) in [6, 6.07) is 6.10. The molecule has 0 spiro atoms. The fourth-order valence-electron chi connectivity index (χ4n) is 2.94. The summed E-state index contributed by atoms with van der Waals surface area (Å²) in [4.78, 5) is 6.79. The Bertz CT molecular complexity index is 344. The SMILES string of the molecule is CC1CC(CN)(N(C)CCc2ccccn2)C1. The highest BCUT2D eigenvalue weighted by Crippen LogP contribution is 2.40. The van der Waals surface area contributed by atoms with E-state index in [4.69, 9.17) is 5.73 Å². The number of hydrogen-bond acceptors (Lipinski definition) is 3. The second-order valence-corrected chi connectivity index (χ2v) is 5.43. The minimum absolute atomic E-state index is 0.258. The van der Waals surface area contributed by atoms with Crippen LogP contribution in [0.15, 0.2) is 24.4 Å². The van der Waals surface area contributed by atoms with E-state index in [0.29, 0.717) is 0 Å². The molecule has 0 aliphatic heterocycles. The molecule has 2 N–H and O–H groups in total. The van der Waals surface area contributed by atoms with Gasteiger partial charge in [0.25, 0.3) is 0 Å². The van der Waals surface area contributed by atoms with Crippen LogP contribution in [-0.4, -0.2) is 35.6 Å². The predicted octanol–water partition coefficient (Wildman–Crippen LogP) is 1.68. The number of rotatable bonds is 5. The van der Waals surface area contributed by atoms with Crippen molar-refractivity contribution in [1.29, 1.82) is 0 Å². The van der Waals surface area contributed by atoms with Gasteiger partial charge in [0.2, 0.25) is 0 Å². The van der Waals surface area contributed by atoms with Gasteiger partial charge in [-0.3, -0.25) is 9.88 Å². The summed E-state index contributed by atoms with van der Waals surface area (Å²) in [5.74, 6) is 0.829. The molecule has 3 heteroatoms. The largest absolute Gasteiger partial charge is 0.329 e. The molecular formula is C14H23N3. The van der Waals surface area contributed by atoms with Crippen molar-refractivity contribution < 1.29 is 0 Å². The Kier molecular flexibility index (Phi) is 3.79. The maximum atomic E-state index is 5.94. The van der Waals surface area contributed by atoms with Crippen LogP contribution in [0.4, 0.5) is 0 Å². The quantitative estimate of drug-likeness (QED) is 0.841. The van der Waals surface area contributed by atoms with Crippen molar-refractivity contribution in [3.05, 3.63) is 30.1 Å². The summed E-state index contributed by atoms with van der Waals surface area (Å²) in [6.07, 6.45) is 5.34. The Morgan fingerprint density at radius 2 is 2.24 bits per heavy atom. The third-order valence-corrected chi connectivity index (χ3v) is 4.08. The molecule has 0 saturated heterocycles. The van der Waals surface area contributed by atoms with Crippen LogP contribution in [0.5, 0.6) is 0 Å². The lowest BCUT2D eigenvalue weighted by atomic mass is 9.68. The summed E-state index contributed by atoms with van der Waals surface area (Å²) in [6.45, 7) is 4.12. The Morgan fingerprint density at radius 3 is 2.76 bits per heavy atom. The van der Waals surface area contributed by atoms with Gasteiger partial charge in [-0.2, -0.15) is 0 Å². The molecule has 1 aromatic rings. The zero-order valence-electron chi connectivity index (χ0n) is 10.9. The van der Waals surface area contributed by atoms with Gasteiger partial charge in [0.1, 0.15) is 0 Å². The van der Waals surface area contributed by atoms with E-state index < -0.39 is 0 Å². The van der Waals surface area contributed by atoms with Gasteiger partial charge in [-0.15, -0.1) is 0 Å². The first-order valence-corrected chi connectivity index (χ1v) is 6.47. The number of aromatic nitrogens is 1. The van der Waals surface area contributed by atoms with E-state index in [-0.39, 0.29) is 5.54 Å². The van der Waals surface area contributed by atoms with Crippen molar-refractivity contribution in [1.82, 2.24) is 9.88 Å². The first kappa shape index (κ1) is 12.5. The van der Waals surface area contributed by atoms with Crippen LogP contribution in [-0.2, 0) is 6.42 Å². The van der Waals surface area contributed by atoms with Gasteiger partial charge in [-0.1, -0.05) is 13.0 Å². The summed E-state index contributed by atoms with van der Waals surface area (Å²) < 4.78 is 0. The first-order chi connectivity index (χ1) is 8.16. The molecule has 1 saturated carbocycles. The molecule has 1 aromatic heterocycles. The van der Waals surface area contributed by atoms with Crippen LogP contribution in [0.1, 0.15) is 25.5 Å². The van der Waals surface area contributed by atoms with Crippen molar-refractivity contribution >= 4 is 0 Å². The molecule has 0 bridgehead atoms. The number of hydrogen-bond donors (Lipinski definition) is 1. The van der Waals surface area contributed by atoms with Gasteiger partial charge in [0, 0.05) is 36.9 Å². The summed E-state index contributed by atoms with van der Waals surface area (Å²) in [7, 11) is 2.20. The highest BCUT2D eigenvalue weighted by molar-refractivity contribution is 5.06. The van der Waals surface area contributed by atoms with Crippen molar-refractivity contribution in [3.63, 3.8) is 0 Å². The molecule has 0 amide bonds. The average Bonchev–Trinajstić information content (AvgIpc) is 2.33. The van der Waals surface area contributed by atoms with Crippen molar-refractivity contribution in [2.75, 3.05) is 20.1 Å². The van der Waals surface area contributed by atoms with Crippen LogP contribution in [0, 0.1) is 5.92 Å². The Balaban J connectivity index is 1.87. The maximum absolute atomic E-state index is 5.94. The van der Waals surface area contributed by atoms with Crippen LogP contribution < -0.4 is 5.73 Å². The normalized spacial score (nSPS) is 28.1. The standard InChI is InChI=1S/C14H23N3/c1-12-9-14(10-12,11-15)17(2)8-6-13-5-3-4-7-16-13/h3-5,7,12H,6,8-11,15H2,1-2H3. The second kappa shape index (κ2) is 5.15. The molecule has 2 rings (SSSR count). The van der Waals surface area contributed by atoms with E-state index in [1.807, 2.05) is 18.3 Å². The summed E-state index contributed by atoms with van der Waals surface area (Å²) in [5.41, 5.74) is 7.37. The monoisotopic (exact) mass is 233 g/mol. The zero-order chi connectivity index (χ0) is 12.3. The van der Waals surface area contributed by atoms with Gasteiger partial charge < -0.3 is 5.73 Å². The summed E-state index contributed by atoms with van der Waals surface area (Å²) >= 11 is 0. The number of pyridine rings is 1.